The third-order valence-electron chi connectivity index (χ3n) is 3.23. The van der Waals surface area contributed by atoms with Crippen LogP contribution in [0.15, 0.2) is 58.2 Å². The molecule has 4 nitrogen and oxygen atoms in total. The van der Waals surface area contributed by atoms with Gasteiger partial charge in [0.2, 0.25) is 0 Å². The van der Waals surface area contributed by atoms with Crippen LogP contribution in [0, 0.1) is 0 Å². The van der Waals surface area contributed by atoms with E-state index in [1.807, 2.05) is 34.3 Å². The molecule has 0 fully saturated rings. The Kier molecular flexibility index (Phi) is 4.70. The molecule has 6 heteroatoms. The minimum absolute atomic E-state index is 0.0514. The Hall–Kier alpha value is -1.92. The highest BCUT2D eigenvalue weighted by Gasteiger charge is 2.07. The molecule has 0 spiro atoms. The lowest BCUT2D eigenvalue weighted by atomic mass is 10.1. The fourth-order valence-electron chi connectivity index (χ4n) is 2.07. The van der Waals surface area contributed by atoms with E-state index in [-0.39, 0.29) is 5.91 Å². The average molecular weight is 376 g/mol. The number of halogens is 1. The van der Waals surface area contributed by atoms with Gasteiger partial charge < -0.3 is 9.88 Å². The third-order valence-corrected chi connectivity index (χ3v) is 4.73. The molecule has 0 saturated heterocycles. The molecule has 0 bridgehead atoms. The summed E-state index contributed by atoms with van der Waals surface area (Å²) in [7, 11) is 0. The number of aromatic nitrogens is 2. The molecule has 0 radical (unpaired) electrons. The van der Waals surface area contributed by atoms with E-state index in [1.54, 1.807) is 12.5 Å². The van der Waals surface area contributed by atoms with Crippen LogP contribution in [-0.2, 0) is 13.1 Å². The molecular weight excluding hydrogens is 362 g/mol. The lowest BCUT2D eigenvalue weighted by Crippen LogP contribution is -2.22. The molecule has 0 aliphatic heterocycles. The van der Waals surface area contributed by atoms with Gasteiger partial charge in [-0.1, -0.05) is 24.3 Å². The van der Waals surface area contributed by atoms with Crippen molar-refractivity contribution in [1.82, 2.24) is 14.9 Å². The Bertz CT molecular complexity index is 750. The van der Waals surface area contributed by atoms with Gasteiger partial charge in [-0.05, 0) is 33.1 Å². The molecule has 3 aromatic rings. The van der Waals surface area contributed by atoms with Gasteiger partial charge in [0, 0.05) is 30.9 Å². The monoisotopic (exact) mass is 375 g/mol. The van der Waals surface area contributed by atoms with Gasteiger partial charge >= 0.3 is 0 Å². The summed E-state index contributed by atoms with van der Waals surface area (Å²) in [6, 6.07) is 10.0. The Morgan fingerprint density at radius 2 is 2.05 bits per heavy atom. The molecule has 22 heavy (non-hydrogen) atoms. The van der Waals surface area contributed by atoms with Crippen LogP contribution in [0.25, 0.3) is 0 Å². The molecule has 0 aliphatic rings. The Balaban J connectivity index is 1.56. The highest BCUT2D eigenvalue weighted by Crippen LogP contribution is 2.20. The van der Waals surface area contributed by atoms with Crippen LogP contribution in [0.2, 0.25) is 0 Å². The molecule has 3 rings (SSSR count). The quantitative estimate of drug-likeness (QED) is 0.739. The summed E-state index contributed by atoms with van der Waals surface area (Å²) in [5.74, 6) is -0.0514. The molecule has 0 aliphatic carbocycles. The number of carbonyl (C=O) groups excluding carboxylic acids is 1. The van der Waals surface area contributed by atoms with E-state index in [1.165, 1.54) is 16.9 Å². The van der Waals surface area contributed by atoms with E-state index >= 15 is 0 Å². The maximum atomic E-state index is 12.0. The van der Waals surface area contributed by atoms with E-state index in [2.05, 4.69) is 38.4 Å². The average Bonchev–Trinajstić information content (AvgIpc) is 3.18. The number of amides is 1. The van der Waals surface area contributed by atoms with Crippen LogP contribution in [0.5, 0.6) is 0 Å². The van der Waals surface area contributed by atoms with Crippen LogP contribution in [0.4, 0.5) is 0 Å². The maximum Gasteiger partial charge on any atom is 0.252 e. The summed E-state index contributed by atoms with van der Waals surface area (Å²) in [4.78, 5) is 16.0. The molecule has 1 aromatic carbocycles. The van der Waals surface area contributed by atoms with Gasteiger partial charge in [-0.3, -0.25) is 4.79 Å². The van der Waals surface area contributed by atoms with E-state index in [0.717, 1.165) is 15.9 Å². The number of thiophene rings is 1. The standard InChI is InChI=1S/C16H14BrN3OS/c17-15-7-14(10-22-15)16(21)19-8-12-1-3-13(4-2-12)9-20-6-5-18-11-20/h1-7,10-11H,8-9H2,(H,19,21). The SMILES string of the molecule is O=C(NCc1ccc(Cn2ccnc2)cc1)c1csc(Br)c1. The van der Waals surface area contributed by atoms with Crippen LogP contribution in [0.3, 0.4) is 0 Å². The van der Waals surface area contributed by atoms with Crippen LogP contribution in [-0.4, -0.2) is 15.5 Å². The predicted octanol–water partition coefficient (Wildman–Crippen LogP) is 3.69. The van der Waals surface area contributed by atoms with Crippen molar-refractivity contribution < 1.29 is 4.79 Å². The highest BCUT2D eigenvalue weighted by atomic mass is 79.9. The third kappa shape index (κ3) is 3.84. The molecule has 0 atom stereocenters. The highest BCUT2D eigenvalue weighted by molar-refractivity contribution is 9.11. The lowest BCUT2D eigenvalue weighted by Gasteiger charge is -2.06. The molecular formula is C16H14BrN3OS. The second-order valence-corrected chi connectivity index (χ2v) is 7.16. The first-order chi connectivity index (χ1) is 10.7. The molecule has 1 amide bonds. The second-order valence-electron chi connectivity index (χ2n) is 4.87. The maximum absolute atomic E-state index is 12.0. The fourth-order valence-corrected chi connectivity index (χ4v) is 3.20. The largest absolute Gasteiger partial charge is 0.348 e. The molecule has 2 aromatic heterocycles. The van der Waals surface area contributed by atoms with Crippen molar-refractivity contribution in [3.63, 3.8) is 0 Å². The van der Waals surface area contributed by atoms with Crippen molar-refractivity contribution in [2.75, 3.05) is 0 Å². The summed E-state index contributed by atoms with van der Waals surface area (Å²) < 4.78 is 2.98. The first kappa shape index (κ1) is 15.0. The van der Waals surface area contributed by atoms with E-state index in [0.29, 0.717) is 12.1 Å². The van der Waals surface area contributed by atoms with Gasteiger partial charge in [0.1, 0.15) is 0 Å². The van der Waals surface area contributed by atoms with Gasteiger partial charge in [0.15, 0.2) is 0 Å². The van der Waals surface area contributed by atoms with Gasteiger partial charge in [-0.25, -0.2) is 4.98 Å². The summed E-state index contributed by atoms with van der Waals surface area (Å²) in [6.45, 7) is 1.33. The Morgan fingerprint density at radius 3 is 2.68 bits per heavy atom. The van der Waals surface area contributed by atoms with Crippen molar-refractivity contribution in [2.24, 2.45) is 0 Å². The molecule has 1 N–H and O–H groups in total. The second kappa shape index (κ2) is 6.89. The number of rotatable bonds is 5. The van der Waals surface area contributed by atoms with Crippen LogP contribution >= 0.6 is 27.3 Å². The summed E-state index contributed by atoms with van der Waals surface area (Å²) in [5, 5.41) is 4.77. The van der Waals surface area contributed by atoms with E-state index in [9.17, 15) is 4.79 Å². The van der Waals surface area contributed by atoms with E-state index < -0.39 is 0 Å². The van der Waals surface area contributed by atoms with Crippen molar-refractivity contribution in [1.29, 1.82) is 0 Å². The van der Waals surface area contributed by atoms with Gasteiger partial charge in [-0.2, -0.15) is 0 Å². The summed E-state index contributed by atoms with van der Waals surface area (Å²) in [6.07, 6.45) is 5.51. The zero-order chi connectivity index (χ0) is 15.4. The van der Waals surface area contributed by atoms with Crippen LogP contribution < -0.4 is 5.32 Å². The van der Waals surface area contributed by atoms with Crippen molar-refractivity contribution in [3.8, 4) is 0 Å². The zero-order valence-corrected chi connectivity index (χ0v) is 14.1. The van der Waals surface area contributed by atoms with Crippen molar-refractivity contribution >= 4 is 33.2 Å². The Morgan fingerprint density at radius 1 is 1.27 bits per heavy atom. The lowest BCUT2D eigenvalue weighted by molar-refractivity contribution is 0.0951. The molecule has 0 unspecified atom stereocenters. The minimum Gasteiger partial charge on any atom is -0.348 e. The van der Waals surface area contributed by atoms with Gasteiger partial charge in [-0.15, -0.1) is 11.3 Å². The van der Waals surface area contributed by atoms with Gasteiger partial charge in [0.25, 0.3) is 5.91 Å². The fraction of sp³-hybridized carbons (Fsp3) is 0.125. The van der Waals surface area contributed by atoms with Crippen LogP contribution in [0.1, 0.15) is 21.5 Å². The number of nitrogens with zero attached hydrogens (tertiary/aromatic N) is 2. The number of carbonyl (C=O) groups is 1. The number of imidazole rings is 1. The predicted molar refractivity (Wildman–Crippen MR) is 91.0 cm³/mol. The summed E-state index contributed by atoms with van der Waals surface area (Å²) in [5.41, 5.74) is 2.97. The first-order valence-electron chi connectivity index (χ1n) is 6.76. The van der Waals surface area contributed by atoms with Crippen molar-refractivity contribution in [2.45, 2.75) is 13.1 Å². The number of hydrogen-bond acceptors (Lipinski definition) is 3. The molecule has 2 heterocycles. The smallest absolute Gasteiger partial charge is 0.252 e. The van der Waals surface area contributed by atoms with E-state index in [4.69, 9.17) is 0 Å². The van der Waals surface area contributed by atoms with Crippen molar-refractivity contribution in [3.05, 3.63) is 74.9 Å². The topological polar surface area (TPSA) is 46.9 Å². The molecule has 112 valence electrons. The zero-order valence-electron chi connectivity index (χ0n) is 11.7. The summed E-state index contributed by atoms with van der Waals surface area (Å²) >= 11 is 4.87. The van der Waals surface area contributed by atoms with Gasteiger partial charge in [0.05, 0.1) is 15.7 Å². The minimum atomic E-state index is -0.0514. The number of benzene rings is 1. The normalized spacial score (nSPS) is 10.6. The number of hydrogen-bond donors (Lipinski definition) is 1. The first-order valence-corrected chi connectivity index (χ1v) is 8.44. The number of nitrogens with one attached hydrogen (secondary N) is 1. The molecule has 0 saturated carbocycles. The Labute approximate surface area is 140 Å².